The molecule has 0 saturated heterocycles. The average Bonchev–Trinajstić information content (AvgIpc) is 3.36. The lowest BCUT2D eigenvalue weighted by molar-refractivity contribution is -0.153. The molecule has 1 amide bonds. The molecular formula is C31H41N3O4S. The number of amides is 1. The monoisotopic (exact) mass is 551 g/mol. The van der Waals surface area contributed by atoms with Crippen LogP contribution < -0.4 is 20.3 Å². The zero-order chi connectivity index (χ0) is 28.0. The van der Waals surface area contributed by atoms with Crippen LogP contribution in [0.2, 0.25) is 0 Å². The molecule has 0 fully saturated rings. The summed E-state index contributed by atoms with van der Waals surface area (Å²) in [4.78, 5) is 26.8. The van der Waals surface area contributed by atoms with Crippen molar-refractivity contribution in [2.45, 2.75) is 59.3 Å². The van der Waals surface area contributed by atoms with Gasteiger partial charge in [0.05, 0.1) is 17.7 Å². The summed E-state index contributed by atoms with van der Waals surface area (Å²) in [6.45, 7) is 12.7. The van der Waals surface area contributed by atoms with E-state index in [9.17, 15) is 9.59 Å². The molecular weight excluding hydrogens is 510 g/mol. The van der Waals surface area contributed by atoms with Gasteiger partial charge in [0.1, 0.15) is 5.75 Å². The van der Waals surface area contributed by atoms with Gasteiger partial charge in [-0.05, 0) is 75.4 Å². The van der Waals surface area contributed by atoms with Gasteiger partial charge >= 0.3 is 5.97 Å². The highest BCUT2D eigenvalue weighted by atomic mass is 32.1. The molecule has 0 saturated carbocycles. The molecule has 8 heteroatoms. The number of benzene rings is 2. The van der Waals surface area contributed by atoms with Crippen molar-refractivity contribution in [3.8, 4) is 5.75 Å². The van der Waals surface area contributed by atoms with Crippen molar-refractivity contribution in [2.24, 2.45) is 5.41 Å². The molecule has 2 N–H and O–H groups in total. The normalized spacial score (nSPS) is 14.8. The van der Waals surface area contributed by atoms with Crippen LogP contribution in [0.5, 0.6) is 5.75 Å². The van der Waals surface area contributed by atoms with Crippen molar-refractivity contribution in [3.05, 3.63) is 53.4 Å². The minimum absolute atomic E-state index is 0.0565. The maximum Gasteiger partial charge on any atom is 0.312 e. The Morgan fingerprint density at radius 3 is 2.69 bits per heavy atom. The molecule has 3 aromatic rings. The van der Waals surface area contributed by atoms with Gasteiger partial charge in [-0.15, -0.1) is 11.3 Å². The van der Waals surface area contributed by atoms with Crippen molar-refractivity contribution in [1.82, 2.24) is 5.32 Å². The summed E-state index contributed by atoms with van der Waals surface area (Å²) in [6, 6.07) is 14.4. The quantitative estimate of drug-likeness (QED) is 0.202. The van der Waals surface area contributed by atoms with E-state index in [1.807, 2.05) is 18.2 Å². The number of hydrogen-bond acceptors (Lipinski definition) is 7. The molecule has 0 atom stereocenters. The van der Waals surface area contributed by atoms with Crippen LogP contribution >= 0.6 is 11.3 Å². The van der Waals surface area contributed by atoms with Crippen LogP contribution in [-0.4, -0.2) is 44.8 Å². The Hall–Kier alpha value is -3.10. The summed E-state index contributed by atoms with van der Waals surface area (Å²) >= 11 is 1.76. The van der Waals surface area contributed by atoms with Crippen LogP contribution in [0.15, 0.2) is 47.8 Å². The first-order chi connectivity index (χ1) is 18.6. The number of nitrogens with one attached hydrogen (secondary N) is 2. The number of nitrogens with zero attached hydrogens (tertiary/aromatic N) is 1. The van der Waals surface area contributed by atoms with Crippen LogP contribution in [0.4, 0.5) is 11.4 Å². The highest BCUT2D eigenvalue weighted by Gasteiger charge is 2.38. The minimum atomic E-state index is -0.629. The molecule has 4 rings (SSSR count). The van der Waals surface area contributed by atoms with Gasteiger partial charge in [-0.25, -0.2) is 0 Å². The van der Waals surface area contributed by atoms with Gasteiger partial charge in [-0.1, -0.05) is 26.0 Å². The lowest BCUT2D eigenvalue weighted by atomic mass is 9.77. The molecule has 0 spiro atoms. The summed E-state index contributed by atoms with van der Waals surface area (Å²) in [7, 11) is 0. The van der Waals surface area contributed by atoms with E-state index in [-0.39, 0.29) is 24.0 Å². The van der Waals surface area contributed by atoms with Gasteiger partial charge in [0.15, 0.2) is 6.73 Å². The number of unbranched alkanes of at least 4 members (excludes halogenated alkanes) is 1. The second kappa shape index (κ2) is 12.4. The van der Waals surface area contributed by atoms with Gasteiger partial charge in [0.2, 0.25) is 5.91 Å². The maximum atomic E-state index is 13.0. The van der Waals surface area contributed by atoms with E-state index in [0.717, 1.165) is 43.7 Å². The first-order valence-electron chi connectivity index (χ1n) is 13.7. The molecule has 1 aromatic heterocycles. The standard InChI is InChI=1S/C31H41N3O4S/c1-30(2,3)29(36)38-21-34-26-19-22(11-12-24(26)31(4,5)20-28(34)35)37-17-7-6-14-32-15-16-33-25-9-8-10-27-23(25)13-18-39-27/h8-13,18-19,32-33H,6-7,14-17,20-21H2,1-5H3. The van der Waals surface area contributed by atoms with Gasteiger partial charge in [-0.3, -0.25) is 14.5 Å². The van der Waals surface area contributed by atoms with E-state index in [2.05, 4.69) is 54.1 Å². The molecule has 39 heavy (non-hydrogen) atoms. The number of carbonyl (C=O) groups is 2. The summed E-state index contributed by atoms with van der Waals surface area (Å²) in [5.74, 6) is 0.323. The third-order valence-corrected chi connectivity index (χ3v) is 7.83. The maximum absolute atomic E-state index is 13.0. The van der Waals surface area contributed by atoms with Crippen LogP contribution in [0.3, 0.4) is 0 Å². The van der Waals surface area contributed by atoms with E-state index < -0.39 is 5.41 Å². The molecule has 7 nitrogen and oxygen atoms in total. The fraction of sp³-hybridized carbons (Fsp3) is 0.484. The lowest BCUT2D eigenvalue weighted by Gasteiger charge is -2.38. The third kappa shape index (κ3) is 7.31. The number of ether oxygens (including phenoxy) is 2. The molecule has 2 aromatic carbocycles. The molecule has 1 aliphatic heterocycles. The zero-order valence-electron chi connectivity index (χ0n) is 23.8. The summed E-state index contributed by atoms with van der Waals surface area (Å²) in [6.07, 6.45) is 2.29. The minimum Gasteiger partial charge on any atom is -0.494 e. The average molecular weight is 552 g/mol. The molecule has 1 aliphatic rings. The highest BCUT2D eigenvalue weighted by Crippen LogP contribution is 2.42. The number of hydrogen-bond donors (Lipinski definition) is 2. The van der Waals surface area contributed by atoms with Crippen LogP contribution in [0.25, 0.3) is 10.1 Å². The Morgan fingerprint density at radius 2 is 1.90 bits per heavy atom. The van der Waals surface area contributed by atoms with Gasteiger partial charge in [-0.2, -0.15) is 0 Å². The topological polar surface area (TPSA) is 79.9 Å². The fourth-order valence-electron chi connectivity index (χ4n) is 4.68. The Balaban J connectivity index is 1.21. The first-order valence-corrected chi connectivity index (χ1v) is 14.6. The smallest absolute Gasteiger partial charge is 0.312 e. The number of anilines is 2. The van der Waals surface area contributed by atoms with Crippen molar-refractivity contribution in [2.75, 3.05) is 43.2 Å². The van der Waals surface area contributed by atoms with Gasteiger partial charge < -0.3 is 20.1 Å². The second-order valence-corrected chi connectivity index (χ2v) is 12.7. The SMILES string of the molecule is CC(C)(C)C(=O)OCN1C(=O)CC(C)(C)c2ccc(OCCCCNCCNc3cccc4sccc34)cc21. The van der Waals surface area contributed by atoms with E-state index in [4.69, 9.17) is 9.47 Å². The molecule has 0 radical (unpaired) electrons. The Kier molecular flexibility index (Phi) is 9.18. The van der Waals surface area contributed by atoms with Crippen molar-refractivity contribution < 1.29 is 19.1 Å². The Morgan fingerprint density at radius 1 is 1.08 bits per heavy atom. The molecule has 2 heterocycles. The largest absolute Gasteiger partial charge is 0.494 e. The van der Waals surface area contributed by atoms with Crippen LogP contribution in [0, 0.1) is 5.41 Å². The highest BCUT2D eigenvalue weighted by molar-refractivity contribution is 7.17. The second-order valence-electron chi connectivity index (χ2n) is 11.7. The number of esters is 1. The van der Waals surface area contributed by atoms with E-state index in [1.54, 1.807) is 37.0 Å². The van der Waals surface area contributed by atoms with Crippen LogP contribution in [0.1, 0.15) is 59.4 Å². The van der Waals surface area contributed by atoms with Crippen molar-refractivity contribution in [3.63, 3.8) is 0 Å². The molecule has 0 bridgehead atoms. The first kappa shape index (κ1) is 28.9. The zero-order valence-corrected chi connectivity index (χ0v) is 24.6. The lowest BCUT2D eigenvalue weighted by Crippen LogP contribution is -2.44. The number of carbonyl (C=O) groups excluding carboxylic acids is 2. The number of fused-ring (bicyclic) bond motifs is 2. The fourth-order valence-corrected chi connectivity index (χ4v) is 5.49. The van der Waals surface area contributed by atoms with Gasteiger partial charge in [0.25, 0.3) is 0 Å². The molecule has 210 valence electrons. The summed E-state index contributed by atoms with van der Waals surface area (Å²) < 4.78 is 12.8. The van der Waals surface area contributed by atoms with Crippen molar-refractivity contribution in [1.29, 1.82) is 0 Å². The summed E-state index contributed by atoms with van der Waals surface area (Å²) in [5.41, 5.74) is 2.06. The third-order valence-electron chi connectivity index (χ3n) is 6.95. The van der Waals surface area contributed by atoms with Crippen molar-refractivity contribution >= 4 is 44.7 Å². The number of rotatable bonds is 12. The van der Waals surface area contributed by atoms with Gasteiger partial charge in [0, 0.05) is 46.8 Å². The Bertz CT molecular complexity index is 1290. The number of thiophene rings is 1. The Labute approximate surface area is 235 Å². The molecule has 0 unspecified atom stereocenters. The molecule has 0 aliphatic carbocycles. The summed E-state index contributed by atoms with van der Waals surface area (Å²) in [5, 5.41) is 10.4. The van der Waals surface area contributed by atoms with E-state index in [1.165, 1.54) is 15.8 Å². The van der Waals surface area contributed by atoms with Crippen LogP contribution in [-0.2, 0) is 19.7 Å². The van der Waals surface area contributed by atoms with E-state index in [0.29, 0.717) is 18.8 Å². The predicted molar refractivity (Wildman–Crippen MR) is 160 cm³/mol. The van der Waals surface area contributed by atoms with E-state index >= 15 is 0 Å². The predicted octanol–water partition coefficient (Wildman–Crippen LogP) is 6.32.